The van der Waals surface area contributed by atoms with Crippen LogP contribution in [0.25, 0.3) is 0 Å². The third kappa shape index (κ3) is 3.11. The molecule has 2 unspecified atom stereocenters. The predicted molar refractivity (Wildman–Crippen MR) is 66.7 cm³/mol. The number of ether oxygens (including phenoxy) is 2. The van der Waals surface area contributed by atoms with Crippen molar-refractivity contribution in [3.05, 3.63) is 11.7 Å². The summed E-state index contributed by atoms with van der Waals surface area (Å²) >= 11 is 0. The summed E-state index contributed by atoms with van der Waals surface area (Å²) in [4.78, 5) is 6.68. The quantitative estimate of drug-likeness (QED) is 0.816. The summed E-state index contributed by atoms with van der Waals surface area (Å²) in [7, 11) is 0. The lowest BCUT2D eigenvalue weighted by Gasteiger charge is -2.27. The maximum Gasteiger partial charge on any atom is 0.232 e. The van der Waals surface area contributed by atoms with Crippen molar-refractivity contribution in [2.24, 2.45) is 5.73 Å². The van der Waals surface area contributed by atoms with E-state index in [1.165, 1.54) is 0 Å². The van der Waals surface area contributed by atoms with Crippen LogP contribution in [0.15, 0.2) is 4.52 Å². The van der Waals surface area contributed by atoms with Crippen molar-refractivity contribution >= 4 is 0 Å². The normalized spacial score (nSPS) is 26.7. The van der Waals surface area contributed by atoms with Crippen molar-refractivity contribution in [1.29, 1.82) is 0 Å². The van der Waals surface area contributed by atoms with Gasteiger partial charge in [-0.15, -0.1) is 0 Å². The van der Waals surface area contributed by atoms with Gasteiger partial charge in [0.25, 0.3) is 0 Å². The molecule has 3 rings (SSSR count). The van der Waals surface area contributed by atoms with Crippen LogP contribution >= 0.6 is 0 Å². The van der Waals surface area contributed by atoms with E-state index in [2.05, 4.69) is 15.0 Å². The first-order valence-corrected chi connectivity index (χ1v) is 6.80. The minimum Gasteiger partial charge on any atom is -0.381 e. The Bertz CT molecular complexity index is 399. The second-order valence-corrected chi connectivity index (χ2v) is 5.07. The first-order valence-electron chi connectivity index (χ1n) is 6.80. The molecule has 7 heteroatoms. The maximum atomic E-state index is 6.14. The fraction of sp³-hybridized carbons (Fsp3) is 0.833. The minimum atomic E-state index is -0.210. The molecule has 2 aliphatic rings. The molecule has 2 aliphatic heterocycles. The number of nitrogens with two attached hydrogens (primary N) is 1. The van der Waals surface area contributed by atoms with Gasteiger partial charge in [0, 0.05) is 26.2 Å². The number of hydrogen-bond acceptors (Lipinski definition) is 7. The summed E-state index contributed by atoms with van der Waals surface area (Å²) in [6, 6.07) is -0.210. The molecule has 0 saturated carbocycles. The molecule has 0 radical (unpaired) electrons. The van der Waals surface area contributed by atoms with Gasteiger partial charge in [-0.3, -0.25) is 4.90 Å². The van der Waals surface area contributed by atoms with Crippen LogP contribution in [0.2, 0.25) is 0 Å². The molecular weight excluding hydrogens is 248 g/mol. The molecule has 0 bridgehead atoms. The van der Waals surface area contributed by atoms with Gasteiger partial charge in [-0.25, -0.2) is 0 Å². The molecule has 2 N–H and O–H groups in total. The predicted octanol–water partition coefficient (Wildman–Crippen LogP) is -0.0945. The van der Waals surface area contributed by atoms with Crippen molar-refractivity contribution < 1.29 is 14.0 Å². The highest BCUT2D eigenvalue weighted by Gasteiger charge is 2.26. The molecule has 0 aromatic carbocycles. The smallest absolute Gasteiger partial charge is 0.232 e. The van der Waals surface area contributed by atoms with Gasteiger partial charge in [0.2, 0.25) is 5.89 Å². The van der Waals surface area contributed by atoms with Gasteiger partial charge in [0.05, 0.1) is 31.8 Å². The van der Waals surface area contributed by atoms with E-state index in [9.17, 15) is 0 Å². The summed E-state index contributed by atoms with van der Waals surface area (Å²) in [6.45, 7) is 5.53. The fourth-order valence-corrected chi connectivity index (χ4v) is 2.44. The van der Waals surface area contributed by atoms with Crippen LogP contribution in [-0.4, -0.2) is 61.1 Å². The van der Waals surface area contributed by atoms with E-state index in [0.717, 1.165) is 45.9 Å². The Morgan fingerprint density at radius 3 is 2.84 bits per heavy atom. The lowest BCUT2D eigenvalue weighted by molar-refractivity contribution is 0.0348. The number of hydrogen-bond donors (Lipinski definition) is 1. The third-order valence-corrected chi connectivity index (χ3v) is 3.63. The van der Waals surface area contributed by atoms with Gasteiger partial charge in [0.15, 0.2) is 5.82 Å². The highest BCUT2D eigenvalue weighted by molar-refractivity contribution is 4.99. The van der Waals surface area contributed by atoms with E-state index in [-0.39, 0.29) is 12.0 Å². The molecule has 2 atom stereocenters. The summed E-state index contributed by atoms with van der Waals surface area (Å²) in [5.74, 6) is 1.48. The standard InChI is InChI=1S/C12H20N4O3/c13-10(7-16-2-5-17-6-3-16)11-14-12(19-15-11)9-1-4-18-8-9/h9-10H,1-8,13H2. The summed E-state index contributed by atoms with van der Waals surface area (Å²) in [6.07, 6.45) is 0.945. The van der Waals surface area contributed by atoms with Crippen molar-refractivity contribution in [3.63, 3.8) is 0 Å². The summed E-state index contributed by atoms with van der Waals surface area (Å²) in [5.41, 5.74) is 6.14. The average Bonchev–Trinajstić information content (AvgIpc) is 3.11. The molecule has 3 heterocycles. The first-order chi connectivity index (χ1) is 9.33. The van der Waals surface area contributed by atoms with Crippen LogP contribution in [0.3, 0.4) is 0 Å². The first kappa shape index (κ1) is 13.0. The van der Waals surface area contributed by atoms with Gasteiger partial charge in [-0.2, -0.15) is 4.98 Å². The zero-order valence-corrected chi connectivity index (χ0v) is 11.0. The Labute approximate surface area is 112 Å². The van der Waals surface area contributed by atoms with E-state index in [4.69, 9.17) is 19.7 Å². The van der Waals surface area contributed by atoms with Crippen molar-refractivity contribution in [3.8, 4) is 0 Å². The molecule has 19 heavy (non-hydrogen) atoms. The molecule has 0 amide bonds. The van der Waals surface area contributed by atoms with Gasteiger partial charge in [-0.1, -0.05) is 5.16 Å². The van der Waals surface area contributed by atoms with E-state index < -0.39 is 0 Å². The van der Waals surface area contributed by atoms with E-state index in [0.29, 0.717) is 18.3 Å². The van der Waals surface area contributed by atoms with Crippen LogP contribution in [-0.2, 0) is 9.47 Å². The third-order valence-electron chi connectivity index (χ3n) is 3.63. The second kappa shape index (κ2) is 5.96. The largest absolute Gasteiger partial charge is 0.381 e. The highest BCUT2D eigenvalue weighted by atomic mass is 16.5. The monoisotopic (exact) mass is 268 g/mol. The Morgan fingerprint density at radius 2 is 2.11 bits per heavy atom. The molecule has 0 spiro atoms. The van der Waals surface area contributed by atoms with E-state index in [1.54, 1.807) is 0 Å². The van der Waals surface area contributed by atoms with Gasteiger partial charge < -0.3 is 19.7 Å². The molecule has 106 valence electrons. The Balaban J connectivity index is 1.58. The van der Waals surface area contributed by atoms with Crippen LogP contribution in [0, 0.1) is 0 Å². The fourth-order valence-electron chi connectivity index (χ4n) is 2.44. The number of rotatable bonds is 4. The summed E-state index contributed by atoms with van der Waals surface area (Å²) in [5, 5.41) is 4.00. The van der Waals surface area contributed by atoms with Gasteiger partial charge in [0.1, 0.15) is 0 Å². The Hall–Kier alpha value is -1.02. The molecular formula is C12H20N4O3. The molecule has 2 saturated heterocycles. The molecule has 1 aromatic heterocycles. The number of nitrogens with zero attached hydrogens (tertiary/aromatic N) is 3. The van der Waals surface area contributed by atoms with E-state index in [1.807, 2.05) is 0 Å². The van der Waals surface area contributed by atoms with Crippen LogP contribution in [0.5, 0.6) is 0 Å². The second-order valence-electron chi connectivity index (χ2n) is 5.07. The molecule has 7 nitrogen and oxygen atoms in total. The van der Waals surface area contributed by atoms with Gasteiger partial charge in [-0.05, 0) is 6.42 Å². The zero-order chi connectivity index (χ0) is 13.1. The van der Waals surface area contributed by atoms with E-state index >= 15 is 0 Å². The van der Waals surface area contributed by atoms with Crippen molar-refractivity contribution in [2.45, 2.75) is 18.4 Å². The van der Waals surface area contributed by atoms with Crippen LogP contribution in [0.1, 0.15) is 30.1 Å². The lowest BCUT2D eigenvalue weighted by Crippen LogP contribution is -2.40. The van der Waals surface area contributed by atoms with Crippen molar-refractivity contribution in [1.82, 2.24) is 15.0 Å². The Kier molecular flexibility index (Phi) is 4.07. The minimum absolute atomic E-state index is 0.210. The summed E-state index contributed by atoms with van der Waals surface area (Å²) < 4.78 is 15.9. The molecule has 0 aliphatic carbocycles. The Morgan fingerprint density at radius 1 is 1.26 bits per heavy atom. The van der Waals surface area contributed by atoms with Crippen molar-refractivity contribution in [2.75, 3.05) is 46.1 Å². The lowest BCUT2D eigenvalue weighted by atomic mass is 10.1. The number of aromatic nitrogens is 2. The SMILES string of the molecule is NC(CN1CCOCC1)c1noc(C2CCOC2)n1. The molecule has 2 fully saturated rings. The van der Waals surface area contributed by atoms with Crippen LogP contribution in [0.4, 0.5) is 0 Å². The number of morpholine rings is 1. The maximum absolute atomic E-state index is 6.14. The van der Waals surface area contributed by atoms with Crippen LogP contribution < -0.4 is 5.73 Å². The van der Waals surface area contributed by atoms with Gasteiger partial charge >= 0.3 is 0 Å². The zero-order valence-electron chi connectivity index (χ0n) is 11.0. The average molecular weight is 268 g/mol. The molecule has 1 aromatic rings. The topological polar surface area (TPSA) is 86.6 Å². The highest BCUT2D eigenvalue weighted by Crippen LogP contribution is 2.24.